The van der Waals surface area contributed by atoms with E-state index < -0.39 is 29.3 Å². The fourth-order valence-electron chi connectivity index (χ4n) is 9.42. The van der Waals surface area contributed by atoms with E-state index in [4.69, 9.17) is 25.5 Å². The molecule has 1 fully saturated rings. The highest BCUT2D eigenvalue weighted by Crippen LogP contribution is 2.57. The lowest BCUT2D eigenvalue weighted by atomic mass is 9.77. The second-order valence-corrected chi connectivity index (χ2v) is 17.1. The van der Waals surface area contributed by atoms with Crippen molar-refractivity contribution in [2.75, 3.05) is 57.5 Å². The molecule has 0 radical (unpaired) electrons. The number of hydrogen-bond donors (Lipinski definition) is 4. The lowest BCUT2D eigenvalue weighted by Crippen LogP contribution is -2.59. The average Bonchev–Trinajstić information content (AvgIpc) is 3.62. The number of esters is 1. The van der Waals surface area contributed by atoms with Crippen molar-refractivity contribution in [2.45, 2.75) is 37.6 Å². The summed E-state index contributed by atoms with van der Waals surface area (Å²) in [4.78, 5) is 65.9. The van der Waals surface area contributed by atoms with Crippen LogP contribution in [-0.4, -0.2) is 107 Å². The molecule has 3 atom stereocenters. The van der Waals surface area contributed by atoms with Gasteiger partial charge in [0.15, 0.2) is 5.60 Å². The van der Waals surface area contributed by atoms with Gasteiger partial charge in [0, 0.05) is 85.8 Å². The number of amides is 2. The maximum absolute atomic E-state index is 14.1. The Labute approximate surface area is 395 Å². The molecule has 1 spiro atoms. The molecule has 4 N–H and O–H groups in total. The first-order valence-corrected chi connectivity index (χ1v) is 22.4. The maximum Gasteiger partial charge on any atom is 0.340 e. The standard InChI is InChI=1S/C51H48FN7O10/c1-29-28-59(30(2)27-58(29)41-26-45(62)57(4)40-15-16-44(53-3)56-46(40)41)47(31-5-8-33(52)9-6-31)49(64)55-18-20-67-22-21-66-19-17-54-48(63)32-7-12-37-36(23-32)50(65)69-51(37)38-13-10-34(60)24-42(38)68-43-25-35(61)11-14-39(43)51/h5-16,23-26,29-30,47,60-61H,17-22,27-28H2,1-2,4H3,(H,54,63)(H,55,64)/t29-,30+,47?/m0/s1. The fraction of sp³-hybridized carbons (Fsp3) is 0.294. The van der Waals surface area contributed by atoms with Gasteiger partial charge in [-0.2, -0.15) is 0 Å². The molecule has 18 heteroatoms. The second kappa shape index (κ2) is 19.0. The zero-order chi connectivity index (χ0) is 48.6. The summed E-state index contributed by atoms with van der Waals surface area (Å²) >= 11 is 0. The van der Waals surface area contributed by atoms with Crippen molar-refractivity contribution < 1.29 is 47.9 Å². The number of fused-ring (bicyclic) bond motifs is 7. The highest BCUT2D eigenvalue weighted by atomic mass is 19.1. The Balaban J connectivity index is 0.755. The van der Waals surface area contributed by atoms with Crippen LogP contribution in [0.2, 0.25) is 0 Å². The van der Waals surface area contributed by atoms with E-state index in [9.17, 15) is 33.8 Å². The Morgan fingerprint density at radius 1 is 0.841 bits per heavy atom. The van der Waals surface area contributed by atoms with Gasteiger partial charge < -0.3 is 54.1 Å². The minimum absolute atomic E-state index is 0.0587. The van der Waals surface area contributed by atoms with Gasteiger partial charge in [-0.1, -0.05) is 24.8 Å². The number of hydrogen-bond acceptors (Lipinski definition) is 13. The van der Waals surface area contributed by atoms with Gasteiger partial charge in [0.1, 0.15) is 34.9 Å². The van der Waals surface area contributed by atoms with Gasteiger partial charge in [0.25, 0.3) is 17.3 Å². The van der Waals surface area contributed by atoms with Crippen molar-refractivity contribution in [2.24, 2.45) is 7.05 Å². The third kappa shape index (κ3) is 8.79. The summed E-state index contributed by atoms with van der Waals surface area (Å²) in [5.74, 6) is -1.19. The summed E-state index contributed by atoms with van der Waals surface area (Å²) in [5.41, 5.74) is 2.58. The van der Waals surface area contributed by atoms with Gasteiger partial charge in [-0.15, -0.1) is 4.98 Å². The van der Waals surface area contributed by atoms with E-state index in [0.717, 1.165) is 0 Å². The van der Waals surface area contributed by atoms with E-state index in [1.807, 2.05) is 13.8 Å². The Morgan fingerprint density at radius 3 is 2.16 bits per heavy atom. The van der Waals surface area contributed by atoms with E-state index in [1.54, 1.807) is 55.6 Å². The van der Waals surface area contributed by atoms with Crippen molar-refractivity contribution in [3.63, 3.8) is 0 Å². The summed E-state index contributed by atoms with van der Waals surface area (Å²) < 4.78 is 39.1. The summed E-state index contributed by atoms with van der Waals surface area (Å²) in [6.07, 6.45) is 0. The van der Waals surface area contributed by atoms with Gasteiger partial charge in [-0.05, 0) is 80.1 Å². The molecule has 0 saturated carbocycles. The van der Waals surface area contributed by atoms with Crippen LogP contribution in [0.5, 0.6) is 23.0 Å². The van der Waals surface area contributed by atoms with Crippen LogP contribution in [0.4, 0.5) is 15.9 Å². The number of nitrogens with zero attached hydrogens (tertiary/aromatic N) is 5. The van der Waals surface area contributed by atoms with E-state index >= 15 is 0 Å². The van der Waals surface area contributed by atoms with E-state index in [1.165, 1.54) is 53.1 Å². The topological polar surface area (TPSA) is 198 Å². The number of aromatic hydroxyl groups is 2. The summed E-state index contributed by atoms with van der Waals surface area (Å²) in [5, 5.41) is 26.1. The number of halogens is 1. The normalized spacial score (nSPS) is 17.3. The zero-order valence-electron chi connectivity index (χ0n) is 37.9. The first kappa shape index (κ1) is 46.3. The molecule has 9 rings (SSSR count). The third-order valence-electron chi connectivity index (χ3n) is 12.8. The number of carbonyl (C=O) groups excluding carboxylic acids is 3. The number of piperazine rings is 1. The van der Waals surface area contributed by atoms with E-state index in [0.29, 0.717) is 52.1 Å². The van der Waals surface area contributed by atoms with Crippen LogP contribution in [0.25, 0.3) is 15.9 Å². The first-order valence-electron chi connectivity index (χ1n) is 22.4. The molecule has 1 unspecified atom stereocenters. The van der Waals surface area contributed by atoms with Crippen LogP contribution in [0.3, 0.4) is 0 Å². The van der Waals surface area contributed by atoms with Gasteiger partial charge in [-0.3, -0.25) is 19.3 Å². The number of aryl methyl sites for hydroxylation is 1. The van der Waals surface area contributed by atoms with Crippen LogP contribution in [0.15, 0.2) is 102 Å². The second-order valence-electron chi connectivity index (χ2n) is 17.1. The molecule has 0 aliphatic carbocycles. The van der Waals surface area contributed by atoms with Crippen molar-refractivity contribution in [3.05, 3.63) is 158 Å². The predicted molar refractivity (Wildman–Crippen MR) is 250 cm³/mol. The number of benzene rings is 4. The number of phenols is 2. The first-order chi connectivity index (χ1) is 33.3. The molecule has 4 aromatic carbocycles. The molecular weight excluding hydrogens is 890 g/mol. The molecule has 3 aliphatic rings. The molecule has 354 valence electrons. The third-order valence-corrected chi connectivity index (χ3v) is 12.8. The van der Waals surface area contributed by atoms with Crippen molar-refractivity contribution >= 4 is 40.3 Å². The van der Waals surface area contributed by atoms with Gasteiger partial charge in [0.05, 0.1) is 43.2 Å². The Hall–Kier alpha value is -7.85. The lowest BCUT2D eigenvalue weighted by molar-refractivity contribution is -0.128. The number of ether oxygens (including phenoxy) is 4. The number of anilines is 1. The fourth-order valence-corrected chi connectivity index (χ4v) is 9.42. The van der Waals surface area contributed by atoms with Crippen LogP contribution in [0, 0.1) is 12.4 Å². The van der Waals surface area contributed by atoms with Crippen LogP contribution in [-0.2, 0) is 31.7 Å². The van der Waals surface area contributed by atoms with Crippen molar-refractivity contribution in [1.82, 2.24) is 25.1 Å². The van der Waals surface area contributed by atoms with E-state index in [-0.39, 0.29) is 103 Å². The number of carbonyl (C=O) groups is 3. The largest absolute Gasteiger partial charge is 0.508 e. The highest BCUT2D eigenvalue weighted by Gasteiger charge is 2.54. The molecule has 69 heavy (non-hydrogen) atoms. The Morgan fingerprint density at radius 2 is 1.49 bits per heavy atom. The smallest absolute Gasteiger partial charge is 0.340 e. The minimum atomic E-state index is -1.44. The van der Waals surface area contributed by atoms with Crippen LogP contribution in [0.1, 0.15) is 62.9 Å². The Bertz CT molecular complexity index is 3050. The highest BCUT2D eigenvalue weighted by molar-refractivity contribution is 6.01. The van der Waals surface area contributed by atoms with Crippen LogP contribution < -0.4 is 25.8 Å². The molecule has 2 amide bonds. The van der Waals surface area contributed by atoms with Gasteiger partial charge >= 0.3 is 5.97 Å². The molecule has 1 saturated heterocycles. The summed E-state index contributed by atoms with van der Waals surface area (Å²) in [7, 11) is 1.67. The molecule has 6 aromatic rings. The molecule has 0 bridgehead atoms. The van der Waals surface area contributed by atoms with Crippen molar-refractivity contribution in [3.8, 4) is 23.0 Å². The molecular formula is C51H48FN7O10. The SMILES string of the molecule is [C-]#[N+]c1ccc2c(n1)c(N1C[C@@H](C)N(C(C(=O)NCCOCCOCCNC(=O)c3ccc4c(c3)C(=O)OC43c4ccc(O)cc4Oc4cc(O)ccc43)c3ccc(F)cc3)C[C@@H]1C)cc(=O)n2C. The molecule has 2 aromatic heterocycles. The average molecular weight is 938 g/mol. The lowest BCUT2D eigenvalue weighted by Gasteiger charge is -2.47. The monoisotopic (exact) mass is 937 g/mol. The Kier molecular flexibility index (Phi) is 12.8. The minimum Gasteiger partial charge on any atom is -0.508 e. The summed E-state index contributed by atoms with van der Waals surface area (Å²) in [6.45, 7) is 13.5. The zero-order valence-corrected chi connectivity index (χ0v) is 37.9. The predicted octanol–water partition coefficient (Wildman–Crippen LogP) is 5.82. The number of rotatable bonds is 14. The van der Waals surface area contributed by atoms with Gasteiger partial charge in [0.2, 0.25) is 11.4 Å². The molecule has 3 aliphatic heterocycles. The maximum atomic E-state index is 14.1. The molecule has 17 nitrogen and oxygen atoms in total. The summed E-state index contributed by atoms with van der Waals surface area (Å²) in [6, 6.07) is 23.3. The number of pyridine rings is 2. The number of phenolic OH excluding ortho intramolecular Hbond substituents is 2. The van der Waals surface area contributed by atoms with Gasteiger partial charge in [-0.25, -0.2) is 9.18 Å². The molecule has 5 heterocycles. The number of aromatic nitrogens is 2. The number of nitrogens with one attached hydrogen (secondary N) is 2. The van der Waals surface area contributed by atoms with E-state index in [2.05, 4.69) is 30.3 Å². The quantitative estimate of drug-likeness (QED) is 0.0580. The van der Waals surface area contributed by atoms with Crippen LogP contribution >= 0.6 is 0 Å². The van der Waals surface area contributed by atoms with Crippen molar-refractivity contribution in [1.29, 1.82) is 0 Å².